The Labute approximate surface area is 205 Å². The van der Waals surface area contributed by atoms with E-state index in [2.05, 4.69) is 11.4 Å². The highest BCUT2D eigenvalue weighted by atomic mass is 32.1. The molecule has 3 heterocycles. The van der Waals surface area contributed by atoms with Crippen molar-refractivity contribution in [2.24, 2.45) is 5.92 Å². The van der Waals surface area contributed by atoms with Gasteiger partial charge in [0.2, 0.25) is 5.91 Å². The third kappa shape index (κ3) is 5.32. The Hall–Kier alpha value is -3.16. The first-order valence-electron chi connectivity index (χ1n) is 11.1. The Kier molecular flexibility index (Phi) is 7.65. The molecule has 1 saturated heterocycles. The van der Waals surface area contributed by atoms with Crippen LogP contribution in [0.25, 0.3) is 6.08 Å². The molecule has 178 valence electrons. The Balaban J connectivity index is 1.35. The summed E-state index contributed by atoms with van der Waals surface area (Å²) in [5.74, 6) is -0.584. The lowest BCUT2D eigenvalue weighted by atomic mass is 9.88. The minimum Gasteiger partial charge on any atom is -0.467 e. The van der Waals surface area contributed by atoms with Crippen LogP contribution in [0.15, 0.2) is 22.9 Å². The van der Waals surface area contributed by atoms with E-state index < -0.39 is 18.1 Å². The molecule has 2 aliphatic rings. The third-order valence-electron chi connectivity index (χ3n) is 6.09. The van der Waals surface area contributed by atoms with Crippen molar-refractivity contribution < 1.29 is 23.9 Å². The van der Waals surface area contributed by atoms with E-state index in [1.54, 1.807) is 17.4 Å². The molecule has 1 aliphatic carbocycles. The van der Waals surface area contributed by atoms with E-state index in [4.69, 9.17) is 9.47 Å². The molecule has 0 saturated carbocycles. The Morgan fingerprint density at radius 1 is 1.35 bits per heavy atom. The fraction of sp³-hybridized carbons (Fsp3) is 0.417. The molecule has 34 heavy (non-hydrogen) atoms. The quantitative estimate of drug-likeness (QED) is 0.471. The van der Waals surface area contributed by atoms with Gasteiger partial charge in [0.25, 0.3) is 0 Å². The van der Waals surface area contributed by atoms with Gasteiger partial charge in [0.1, 0.15) is 17.1 Å². The zero-order chi connectivity index (χ0) is 24.1. The minimum atomic E-state index is -0.578. The maximum Gasteiger partial charge on any atom is 0.410 e. The molecular weight excluding hydrogens is 474 g/mol. The fourth-order valence-corrected chi connectivity index (χ4v) is 6.28. The summed E-state index contributed by atoms with van der Waals surface area (Å²) < 4.78 is 10.3. The van der Waals surface area contributed by atoms with E-state index in [0.29, 0.717) is 36.4 Å². The molecule has 8 nitrogen and oxygen atoms in total. The van der Waals surface area contributed by atoms with Crippen LogP contribution in [0.5, 0.6) is 0 Å². The number of fused-ring (bicyclic) bond motifs is 1. The molecule has 4 rings (SSSR count). The van der Waals surface area contributed by atoms with E-state index >= 15 is 0 Å². The number of nitrogens with one attached hydrogen (secondary N) is 1. The largest absolute Gasteiger partial charge is 0.467 e. The Morgan fingerprint density at radius 3 is 2.94 bits per heavy atom. The summed E-state index contributed by atoms with van der Waals surface area (Å²) in [6.07, 6.45) is 6.16. The number of rotatable bonds is 6. The third-order valence-corrected chi connectivity index (χ3v) is 7.96. The predicted octanol–water partition coefficient (Wildman–Crippen LogP) is 4.21. The average molecular weight is 500 g/mol. The maximum atomic E-state index is 12.5. The number of carbonyl (C=O) groups excluding carboxylic acids is 3. The highest BCUT2D eigenvalue weighted by molar-refractivity contribution is 7.16. The van der Waals surface area contributed by atoms with E-state index in [1.807, 2.05) is 16.8 Å². The molecule has 2 unspecified atom stereocenters. The Morgan fingerprint density at radius 2 is 2.21 bits per heavy atom. The normalized spacial score (nSPS) is 19.5. The number of nitrogens with zero attached hydrogens (tertiary/aromatic N) is 2. The van der Waals surface area contributed by atoms with Crippen LogP contribution < -0.4 is 5.32 Å². The lowest BCUT2D eigenvalue weighted by Crippen LogP contribution is -2.42. The van der Waals surface area contributed by atoms with Crippen molar-refractivity contribution in [1.82, 2.24) is 4.90 Å². The molecule has 1 aliphatic heterocycles. The van der Waals surface area contributed by atoms with Gasteiger partial charge < -0.3 is 14.8 Å². The van der Waals surface area contributed by atoms with Crippen LogP contribution in [-0.2, 0) is 31.9 Å². The highest BCUT2D eigenvalue weighted by Gasteiger charge is 2.36. The second-order valence-electron chi connectivity index (χ2n) is 8.26. The van der Waals surface area contributed by atoms with E-state index in [9.17, 15) is 19.6 Å². The molecule has 2 atom stereocenters. The summed E-state index contributed by atoms with van der Waals surface area (Å²) in [5.41, 5.74) is 2.44. The topological polar surface area (TPSA) is 109 Å². The highest BCUT2D eigenvalue weighted by Crippen LogP contribution is 2.39. The number of ether oxygens (including phenoxy) is 2. The zero-order valence-corrected chi connectivity index (χ0v) is 20.4. The number of esters is 1. The molecule has 1 fully saturated rings. The molecule has 0 bridgehead atoms. The van der Waals surface area contributed by atoms with E-state index in [1.165, 1.54) is 29.4 Å². The van der Waals surface area contributed by atoms with Gasteiger partial charge in [-0.05, 0) is 72.1 Å². The van der Waals surface area contributed by atoms with Gasteiger partial charge in [-0.3, -0.25) is 9.69 Å². The smallest absolute Gasteiger partial charge is 0.410 e. The molecule has 0 radical (unpaired) electrons. The van der Waals surface area contributed by atoms with Gasteiger partial charge in [-0.2, -0.15) is 16.6 Å². The van der Waals surface area contributed by atoms with E-state index in [0.717, 1.165) is 28.8 Å². The van der Waals surface area contributed by atoms with Gasteiger partial charge in [0.05, 0.1) is 19.3 Å². The number of carbonyl (C=O) groups is 3. The fourth-order valence-electron chi connectivity index (χ4n) is 4.34. The number of amides is 2. The summed E-state index contributed by atoms with van der Waals surface area (Å²) >= 11 is 2.97. The summed E-state index contributed by atoms with van der Waals surface area (Å²) in [7, 11) is 1.32. The lowest BCUT2D eigenvalue weighted by Gasteiger charge is -2.25. The SMILES string of the molecule is COC(=O)C1CCCN1C(=O)OCC1CCc2c(sc(NC(=O)/C=C/c3ccsc3)c2C#N)C1. The molecule has 2 amide bonds. The van der Waals surface area contributed by atoms with Crippen molar-refractivity contribution in [1.29, 1.82) is 5.26 Å². The van der Waals surface area contributed by atoms with Crippen LogP contribution in [0.1, 0.15) is 40.8 Å². The number of anilines is 1. The van der Waals surface area contributed by atoms with Crippen LogP contribution in [-0.4, -0.2) is 49.2 Å². The van der Waals surface area contributed by atoms with Gasteiger partial charge in [-0.1, -0.05) is 0 Å². The molecule has 0 aromatic carbocycles. The van der Waals surface area contributed by atoms with Crippen molar-refractivity contribution in [2.75, 3.05) is 25.6 Å². The molecule has 0 spiro atoms. The van der Waals surface area contributed by atoms with Crippen LogP contribution in [0.4, 0.5) is 9.80 Å². The van der Waals surface area contributed by atoms with Crippen LogP contribution in [0.2, 0.25) is 0 Å². The first kappa shape index (κ1) is 24.0. The van der Waals surface area contributed by atoms with Crippen molar-refractivity contribution in [3.05, 3.63) is 44.5 Å². The van der Waals surface area contributed by atoms with Gasteiger partial charge in [-0.25, -0.2) is 9.59 Å². The summed E-state index contributed by atoms with van der Waals surface area (Å²) in [4.78, 5) is 39.3. The number of methoxy groups -OCH3 is 1. The number of thiophene rings is 2. The summed E-state index contributed by atoms with van der Waals surface area (Å²) in [6.45, 7) is 0.724. The average Bonchev–Trinajstić information content (AvgIpc) is 3.60. The second kappa shape index (κ2) is 10.8. The first-order chi connectivity index (χ1) is 16.5. The molecule has 2 aromatic heterocycles. The lowest BCUT2D eigenvalue weighted by molar-refractivity contribution is -0.145. The van der Waals surface area contributed by atoms with Gasteiger partial charge in [-0.15, -0.1) is 11.3 Å². The monoisotopic (exact) mass is 499 g/mol. The van der Waals surface area contributed by atoms with Gasteiger partial charge in [0, 0.05) is 17.5 Å². The molecule has 2 aromatic rings. The minimum absolute atomic E-state index is 0.114. The van der Waals surface area contributed by atoms with Crippen molar-refractivity contribution in [3.8, 4) is 6.07 Å². The first-order valence-corrected chi connectivity index (χ1v) is 12.8. The standard InChI is InChI=1S/C24H25N3O5S2/c1-31-23(29)19-3-2-9-27(19)24(30)32-13-16-4-6-17-18(12-25)22(34-20(17)11-16)26-21(28)7-5-15-8-10-33-14-15/h5,7-8,10,14,16,19H,2-4,6,9,11,13H2,1H3,(H,26,28)/b7-5+. The number of hydrogen-bond acceptors (Lipinski definition) is 8. The maximum absolute atomic E-state index is 12.5. The number of hydrogen-bond donors (Lipinski definition) is 1. The van der Waals surface area contributed by atoms with Crippen LogP contribution in [0, 0.1) is 17.2 Å². The second-order valence-corrected chi connectivity index (χ2v) is 10.1. The van der Waals surface area contributed by atoms with E-state index in [-0.39, 0.29) is 18.4 Å². The van der Waals surface area contributed by atoms with Crippen molar-refractivity contribution in [3.63, 3.8) is 0 Å². The van der Waals surface area contributed by atoms with Gasteiger partial charge in [0.15, 0.2) is 0 Å². The predicted molar refractivity (Wildman–Crippen MR) is 130 cm³/mol. The zero-order valence-electron chi connectivity index (χ0n) is 18.7. The summed E-state index contributed by atoms with van der Waals surface area (Å²) in [6, 6.07) is 3.58. The van der Waals surface area contributed by atoms with Crippen molar-refractivity contribution in [2.45, 2.75) is 38.1 Å². The van der Waals surface area contributed by atoms with Crippen LogP contribution >= 0.6 is 22.7 Å². The Bertz CT molecular complexity index is 1130. The number of likely N-dealkylation sites (tertiary alicyclic amines) is 1. The van der Waals surface area contributed by atoms with Crippen LogP contribution in [0.3, 0.4) is 0 Å². The molecule has 10 heteroatoms. The molecule has 1 N–H and O–H groups in total. The number of nitriles is 1. The molecular formula is C24H25N3O5S2. The van der Waals surface area contributed by atoms with Crippen molar-refractivity contribution >= 4 is 51.7 Å². The van der Waals surface area contributed by atoms with Gasteiger partial charge >= 0.3 is 12.1 Å². The summed E-state index contributed by atoms with van der Waals surface area (Å²) in [5, 5.41) is 17.0.